The summed E-state index contributed by atoms with van der Waals surface area (Å²) in [6.07, 6.45) is -2.53. The number of nitrogens with zero attached hydrogens (tertiary/aromatic N) is 2. The zero-order valence-electron chi connectivity index (χ0n) is 43.2. The van der Waals surface area contributed by atoms with Gasteiger partial charge in [-0.1, -0.05) is 113 Å². The van der Waals surface area contributed by atoms with E-state index in [9.17, 15) is 25.2 Å². The molecule has 0 aromatic heterocycles. The van der Waals surface area contributed by atoms with Crippen molar-refractivity contribution in [3.63, 3.8) is 0 Å². The monoisotopic (exact) mass is 953 g/mol. The van der Waals surface area contributed by atoms with E-state index in [0.717, 1.165) is 16.7 Å². The van der Waals surface area contributed by atoms with E-state index >= 15 is 0 Å². The van der Waals surface area contributed by atoms with Gasteiger partial charge in [0.1, 0.15) is 24.6 Å². The molecular weight excluding hydrogens is 869 g/mol. The van der Waals surface area contributed by atoms with E-state index in [1.807, 2.05) is 129 Å². The van der Waals surface area contributed by atoms with E-state index in [2.05, 4.69) is 12.2 Å². The van der Waals surface area contributed by atoms with Gasteiger partial charge in [0.2, 0.25) is 0 Å². The topological polar surface area (TPSA) is 178 Å². The summed E-state index contributed by atoms with van der Waals surface area (Å²) in [6, 6.07) is 17.8. The van der Waals surface area contributed by atoms with E-state index in [-0.39, 0.29) is 43.8 Å². The lowest BCUT2D eigenvalue weighted by Crippen LogP contribution is -2.61. The fourth-order valence-corrected chi connectivity index (χ4v) is 10.9. The van der Waals surface area contributed by atoms with Crippen molar-refractivity contribution in [1.29, 1.82) is 0 Å². The molecule has 0 spiro atoms. The molecule has 1 aliphatic carbocycles. The van der Waals surface area contributed by atoms with Gasteiger partial charge in [0.25, 0.3) is 0 Å². The third kappa shape index (κ3) is 13.0. The zero-order chi connectivity index (χ0) is 50.3. The summed E-state index contributed by atoms with van der Waals surface area (Å²) >= 11 is 0. The summed E-state index contributed by atoms with van der Waals surface area (Å²) in [6.45, 7) is 18.7. The van der Waals surface area contributed by atoms with Crippen LogP contribution in [0.4, 0.5) is 0 Å². The summed E-state index contributed by atoms with van der Waals surface area (Å²) in [7, 11) is 6.98. The molecule has 2 aliphatic heterocycles. The average Bonchev–Trinajstić information content (AvgIpc) is 3.31. The Morgan fingerprint density at radius 3 is 2.01 bits per heavy atom. The minimum atomic E-state index is -1.72. The highest BCUT2D eigenvalue weighted by Crippen LogP contribution is 2.43. The number of ketones is 1. The molecule has 18 atom stereocenters. The molecule has 0 radical (unpaired) electrons. The van der Waals surface area contributed by atoms with Crippen LogP contribution in [0.2, 0.25) is 0 Å². The molecule has 2 aromatic carbocycles. The zero-order valence-corrected chi connectivity index (χ0v) is 43.2. The molecule has 382 valence electrons. The molecule has 0 bridgehead atoms. The Bertz CT molecular complexity index is 1950. The molecule has 68 heavy (non-hydrogen) atoms. The summed E-state index contributed by atoms with van der Waals surface area (Å²) in [4.78, 5) is 22.9. The van der Waals surface area contributed by atoms with Crippen molar-refractivity contribution >= 4 is 23.6 Å². The van der Waals surface area contributed by atoms with Gasteiger partial charge in [0.05, 0.1) is 53.0 Å². The number of oxime groups is 1. The second-order valence-corrected chi connectivity index (χ2v) is 20.9. The number of carbonyl (C=O) groups is 1. The lowest BCUT2D eigenvalue weighted by Gasteiger charge is -2.50. The highest BCUT2D eigenvalue weighted by molar-refractivity contribution is 5.89. The van der Waals surface area contributed by atoms with E-state index in [4.69, 9.17) is 38.4 Å². The lowest BCUT2D eigenvalue weighted by molar-refractivity contribution is -0.318. The highest BCUT2D eigenvalue weighted by Gasteiger charge is 2.53. The highest BCUT2D eigenvalue weighted by atomic mass is 16.7. The van der Waals surface area contributed by atoms with Crippen LogP contribution in [0.1, 0.15) is 118 Å². The first-order valence-corrected chi connectivity index (χ1v) is 24.7. The van der Waals surface area contributed by atoms with Crippen molar-refractivity contribution in [2.45, 2.75) is 186 Å². The van der Waals surface area contributed by atoms with Crippen molar-refractivity contribution < 1.29 is 58.5 Å². The minimum Gasteiger partial charge on any atom is -0.391 e. The molecule has 14 heteroatoms. The fraction of sp³-hybridized carbons (Fsp3) is 0.704. The molecule has 4 N–H and O–H groups in total. The van der Waals surface area contributed by atoms with Crippen molar-refractivity contribution in [2.24, 2.45) is 34.7 Å². The molecule has 3 fully saturated rings. The largest absolute Gasteiger partial charge is 0.391 e. The van der Waals surface area contributed by atoms with Gasteiger partial charge in [-0.05, 0) is 84.2 Å². The Balaban J connectivity index is 1.58. The fourth-order valence-electron chi connectivity index (χ4n) is 10.9. The van der Waals surface area contributed by atoms with Crippen LogP contribution in [-0.2, 0) is 44.7 Å². The van der Waals surface area contributed by atoms with Gasteiger partial charge in [-0.15, -0.1) is 0 Å². The number of benzene rings is 2. The molecule has 3 aliphatic rings. The molecule has 0 unspecified atom stereocenters. The third-order valence-electron chi connectivity index (χ3n) is 15.6. The van der Waals surface area contributed by atoms with E-state index < -0.39 is 95.6 Å². The molecule has 14 nitrogen and oxygen atoms in total. The Morgan fingerprint density at radius 2 is 1.43 bits per heavy atom. The number of likely N-dealkylation sites (N-methyl/N-ethyl adjacent to an activating group) is 1. The minimum absolute atomic E-state index is 0.0634. The Morgan fingerprint density at radius 1 is 0.809 bits per heavy atom. The molecule has 2 aromatic rings. The maximum absolute atomic E-state index is 14.8. The van der Waals surface area contributed by atoms with Crippen LogP contribution in [0.15, 0.2) is 59.8 Å². The SMILES string of the molecule is CC[C@H]1CC(=O)[C@H](C)[C@@H](O[C@H]2C[C@@](C)(OC)[C@@H](O)[C@H](C)O2)[C@H](C)[C@@H](O[C@@H]2O[C@H](C)C[C@H](N(C)C)[C@H]2O)[C@](C)(OC)C[C@@H](C)/C(=N\OCc2ccc(/C=C/c3ccccc3)cc2)[C@H](C)[C@@H](O)[C@]1(C)O. The first-order chi connectivity index (χ1) is 32.0. The Hall–Kier alpha value is -3.12. The molecule has 0 amide bonds. The van der Waals surface area contributed by atoms with Crippen molar-refractivity contribution in [3.05, 3.63) is 71.3 Å². The van der Waals surface area contributed by atoms with Crippen molar-refractivity contribution in [3.8, 4) is 0 Å². The molecular formula is C54H84N2O12. The first kappa shape index (κ1) is 55.8. The van der Waals surface area contributed by atoms with Gasteiger partial charge in [0, 0.05) is 56.8 Å². The van der Waals surface area contributed by atoms with Gasteiger partial charge >= 0.3 is 0 Å². The Kier molecular flexibility index (Phi) is 19.6. The van der Waals surface area contributed by atoms with Crippen molar-refractivity contribution in [1.82, 2.24) is 4.90 Å². The van der Waals surface area contributed by atoms with E-state index in [0.29, 0.717) is 18.6 Å². The molecule has 5 rings (SSSR count). The normalized spacial score (nSPS) is 41.0. The van der Waals surface area contributed by atoms with Crippen LogP contribution in [0.3, 0.4) is 0 Å². The predicted octanol–water partition coefficient (Wildman–Crippen LogP) is 7.28. The number of aliphatic hydroxyl groups excluding tert-OH is 3. The third-order valence-corrected chi connectivity index (χ3v) is 15.6. The first-order valence-electron chi connectivity index (χ1n) is 24.7. The maximum atomic E-state index is 14.8. The summed E-state index contributed by atoms with van der Waals surface area (Å²) in [5.41, 5.74) is -0.400. The van der Waals surface area contributed by atoms with Crippen LogP contribution >= 0.6 is 0 Å². The second-order valence-electron chi connectivity index (χ2n) is 20.9. The predicted molar refractivity (Wildman–Crippen MR) is 263 cm³/mol. The van der Waals surface area contributed by atoms with Crippen LogP contribution < -0.4 is 0 Å². The summed E-state index contributed by atoms with van der Waals surface area (Å²) in [5.74, 6) is -3.44. The smallest absolute Gasteiger partial charge is 0.185 e. The van der Waals surface area contributed by atoms with Gasteiger partial charge < -0.3 is 58.6 Å². The summed E-state index contributed by atoms with van der Waals surface area (Å²) < 4.78 is 39.2. The molecule has 2 saturated heterocycles. The second kappa shape index (κ2) is 23.9. The van der Waals surface area contributed by atoms with Crippen molar-refractivity contribution in [2.75, 3.05) is 28.3 Å². The average molecular weight is 953 g/mol. The van der Waals surface area contributed by atoms with E-state index in [1.165, 1.54) is 0 Å². The molecule has 1 saturated carbocycles. The van der Waals surface area contributed by atoms with Gasteiger partial charge in [-0.3, -0.25) is 4.79 Å². The van der Waals surface area contributed by atoms with Crippen LogP contribution in [0.25, 0.3) is 12.2 Å². The maximum Gasteiger partial charge on any atom is 0.185 e. The number of carbonyl (C=O) groups excluding carboxylic acids is 1. The quantitative estimate of drug-likeness (QED) is 0.117. The van der Waals surface area contributed by atoms with Crippen LogP contribution in [0, 0.1) is 29.6 Å². The van der Waals surface area contributed by atoms with Crippen LogP contribution in [-0.4, -0.2) is 143 Å². The van der Waals surface area contributed by atoms with Gasteiger partial charge in [-0.2, -0.15) is 0 Å². The number of aliphatic hydroxyl groups is 4. The number of ether oxygens (including phenoxy) is 6. The summed E-state index contributed by atoms with van der Waals surface area (Å²) in [5, 5.41) is 52.4. The standard InChI is InChI=1S/C54H84N2O12/c1-15-41-28-43(57)34(4)47(67-44-30-52(8,62-13)49(60)37(7)66-44)36(6)50(68-51-46(58)42(56(11)12)27-33(3)65-51)53(9,63-14)29-32(2)45(35(5)48(59)54(41,10)61)55-64-31-40-25-23-39(24-26-40)22-21-38-19-17-16-18-20-38/h16-26,32-37,41-42,44,46-51,58-61H,15,27-31H2,1-14H3/b22-21+,55-45+/t32-,33-,34+,35+,36+,37+,41+,42+,44+,46-,47-,48-,49+,50-,51+,52-,53-,54-/m1/s1. The van der Waals surface area contributed by atoms with Gasteiger partial charge in [-0.25, -0.2) is 0 Å². The van der Waals surface area contributed by atoms with Crippen LogP contribution in [0.5, 0.6) is 0 Å². The van der Waals surface area contributed by atoms with Gasteiger partial charge in [0.15, 0.2) is 12.6 Å². The number of rotatable bonds is 13. The molecule has 2 heterocycles. The Labute approximate surface area is 406 Å². The van der Waals surface area contributed by atoms with E-state index in [1.54, 1.807) is 28.1 Å². The number of methoxy groups -OCH3 is 2. The lowest BCUT2D eigenvalue weighted by atomic mass is 9.69. The number of Topliss-reactive ketones (excluding diaryl/α,β-unsaturated/α-hetero) is 1. The number of hydrogen-bond donors (Lipinski definition) is 4. The number of hydrogen-bond acceptors (Lipinski definition) is 14.